The van der Waals surface area contributed by atoms with Gasteiger partial charge in [0, 0.05) is 6.07 Å². The van der Waals surface area contributed by atoms with Crippen molar-refractivity contribution in [3.63, 3.8) is 0 Å². The van der Waals surface area contributed by atoms with Crippen LogP contribution in [0, 0.1) is 5.82 Å². The molecule has 0 saturated heterocycles. The lowest BCUT2D eigenvalue weighted by Crippen LogP contribution is -2.16. The molecule has 0 aliphatic carbocycles. The minimum Gasteiger partial charge on any atom is -0.398 e. The smallest absolute Gasteiger partial charge is 0.268 e. The van der Waals surface area contributed by atoms with Gasteiger partial charge in [0.1, 0.15) is 16.5 Å². The normalized spacial score (nSPS) is 11.4. The van der Waals surface area contributed by atoms with Crippen molar-refractivity contribution in [1.29, 1.82) is 0 Å². The predicted molar refractivity (Wildman–Crippen MR) is 60.2 cm³/mol. The van der Waals surface area contributed by atoms with Gasteiger partial charge < -0.3 is 5.73 Å². The Kier molecular flexibility index (Phi) is 2.72. The largest absolute Gasteiger partial charge is 0.398 e. The van der Waals surface area contributed by atoms with E-state index < -0.39 is 20.7 Å². The molecular formula is C9H9FN4O2S. The maximum absolute atomic E-state index is 13.4. The number of rotatable bonds is 3. The molecule has 2 aromatic rings. The summed E-state index contributed by atoms with van der Waals surface area (Å²) in [7, 11) is -4.07. The first-order valence-corrected chi connectivity index (χ1v) is 6.05. The van der Waals surface area contributed by atoms with Gasteiger partial charge in [-0.25, -0.2) is 12.8 Å². The third-order valence-electron chi connectivity index (χ3n) is 2.01. The number of aromatic nitrogens is 2. The molecule has 0 aliphatic heterocycles. The molecule has 8 heteroatoms. The van der Waals surface area contributed by atoms with E-state index >= 15 is 0 Å². The van der Waals surface area contributed by atoms with Crippen LogP contribution in [0.3, 0.4) is 0 Å². The number of H-pyrrole nitrogens is 1. The third-order valence-corrected chi connectivity index (χ3v) is 3.47. The van der Waals surface area contributed by atoms with Crippen LogP contribution >= 0.6 is 0 Å². The average molecular weight is 256 g/mol. The summed E-state index contributed by atoms with van der Waals surface area (Å²) in [5, 5.41) is 5.97. The molecule has 0 aliphatic rings. The molecule has 0 radical (unpaired) electrons. The van der Waals surface area contributed by atoms with Crippen LogP contribution in [0.15, 0.2) is 35.4 Å². The van der Waals surface area contributed by atoms with Gasteiger partial charge in [-0.3, -0.25) is 9.82 Å². The number of halogens is 1. The summed E-state index contributed by atoms with van der Waals surface area (Å²) < 4.78 is 39.3. The van der Waals surface area contributed by atoms with Crippen LogP contribution in [0.4, 0.5) is 15.9 Å². The van der Waals surface area contributed by atoms with E-state index in [1.165, 1.54) is 24.4 Å². The minimum absolute atomic E-state index is 0.132. The van der Waals surface area contributed by atoms with Gasteiger partial charge in [-0.15, -0.1) is 0 Å². The SMILES string of the molecule is Nc1cccc(F)c1S(=O)(=O)Nc1ccn[nH]1. The van der Waals surface area contributed by atoms with E-state index in [0.29, 0.717) is 0 Å². The molecule has 2 rings (SSSR count). The van der Waals surface area contributed by atoms with Crippen molar-refractivity contribution in [3.05, 3.63) is 36.3 Å². The zero-order valence-corrected chi connectivity index (χ0v) is 9.33. The highest BCUT2D eigenvalue weighted by Gasteiger charge is 2.22. The fourth-order valence-corrected chi connectivity index (χ4v) is 2.53. The van der Waals surface area contributed by atoms with Crippen molar-refractivity contribution in [2.45, 2.75) is 4.90 Å². The number of sulfonamides is 1. The molecule has 17 heavy (non-hydrogen) atoms. The Morgan fingerprint density at radius 3 is 2.71 bits per heavy atom. The van der Waals surface area contributed by atoms with Crippen molar-refractivity contribution in [3.8, 4) is 0 Å². The average Bonchev–Trinajstić information content (AvgIpc) is 2.68. The molecule has 1 aromatic heterocycles. The summed E-state index contributed by atoms with van der Waals surface area (Å²) >= 11 is 0. The van der Waals surface area contributed by atoms with Gasteiger partial charge in [0.25, 0.3) is 10.0 Å². The number of nitrogen functional groups attached to an aromatic ring is 1. The second-order valence-electron chi connectivity index (χ2n) is 3.23. The van der Waals surface area contributed by atoms with E-state index in [1.54, 1.807) is 0 Å². The van der Waals surface area contributed by atoms with E-state index in [1.807, 2.05) is 0 Å². The van der Waals surface area contributed by atoms with Crippen LogP contribution in [-0.4, -0.2) is 18.6 Å². The molecule has 0 fully saturated rings. The van der Waals surface area contributed by atoms with Gasteiger partial charge in [0.05, 0.1) is 11.9 Å². The molecule has 0 atom stereocenters. The summed E-state index contributed by atoms with van der Waals surface area (Å²) in [5.74, 6) is -0.773. The van der Waals surface area contributed by atoms with E-state index in [2.05, 4.69) is 14.9 Å². The Morgan fingerprint density at radius 2 is 2.12 bits per heavy atom. The van der Waals surface area contributed by atoms with Crippen molar-refractivity contribution in [2.24, 2.45) is 0 Å². The Morgan fingerprint density at radius 1 is 1.35 bits per heavy atom. The molecule has 4 N–H and O–H groups in total. The van der Waals surface area contributed by atoms with Crippen molar-refractivity contribution in [1.82, 2.24) is 10.2 Å². The van der Waals surface area contributed by atoms with Crippen LogP contribution in [0.5, 0.6) is 0 Å². The molecule has 0 unspecified atom stereocenters. The molecule has 0 saturated carbocycles. The third kappa shape index (κ3) is 2.21. The second-order valence-corrected chi connectivity index (χ2v) is 4.85. The fraction of sp³-hybridized carbons (Fsp3) is 0. The van der Waals surface area contributed by atoms with Crippen LogP contribution in [0.1, 0.15) is 0 Å². The summed E-state index contributed by atoms with van der Waals surface area (Å²) in [6, 6.07) is 5.07. The van der Waals surface area contributed by atoms with Gasteiger partial charge in [0.15, 0.2) is 0 Å². The number of aromatic amines is 1. The molecular weight excluding hydrogens is 247 g/mol. The first-order valence-electron chi connectivity index (χ1n) is 4.57. The first-order chi connectivity index (χ1) is 8.00. The minimum atomic E-state index is -4.07. The Balaban J connectivity index is 2.45. The van der Waals surface area contributed by atoms with Crippen LogP contribution in [0.2, 0.25) is 0 Å². The molecule has 1 aromatic carbocycles. The first kappa shape index (κ1) is 11.4. The summed E-state index contributed by atoms with van der Waals surface area (Å²) in [4.78, 5) is -0.574. The Hall–Kier alpha value is -2.09. The van der Waals surface area contributed by atoms with Gasteiger partial charge in [-0.1, -0.05) is 6.07 Å². The molecule has 6 nitrogen and oxygen atoms in total. The van der Waals surface area contributed by atoms with Crippen molar-refractivity contribution >= 4 is 21.5 Å². The summed E-state index contributed by atoms with van der Waals surface area (Å²) in [5.41, 5.74) is 5.30. The summed E-state index contributed by atoms with van der Waals surface area (Å²) in [6.45, 7) is 0. The second kappa shape index (κ2) is 4.06. The predicted octanol–water partition coefficient (Wildman–Crippen LogP) is 0.932. The number of nitrogens with two attached hydrogens (primary N) is 1. The number of hydrogen-bond donors (Lipinski definition) is 3. The number of nitrogens with zero attached hydrogens (tertiary/aromatic N) is 1. The highest BCUT2D eigenvalue weighted by Crippen LogP contribution is 2.23. The quantitative estimate of drug-likeness (QED) is 0.711. The highest BCUT2D eigenvalue weighted by molar-refractivity contribution is 7.92. The number of anilines is 2. The maximum Gasteiger partial charge on any atom is 0.268 e. The van der Waals surface area contributed by atoms with Crippen LogP contribution in [-0.2, 0) is 10.0 Å². The van der Waals surface area contributed by atoms with Gasteiger partial charge >= 0.3 is 0 Å². The molecule has 0 spiro atoms. The lowest BCUT2D eigenvalue weighted by Gasteiger charge is -2.08. The van der Waals surface area contributed by atoms with Gasteiger partial charge in [-0.2, -0.15) is 5.10 Å². The monoisotopic (exact) mass is 256 g/mol. The van der Waals surface area contributed by atoms with Crippen molar-refractivity contribution < 1.29 is 12.8 Å². The molecule has 90 valence electrons. The van der Waals surface area contributed by atoms with E-state index in [-0.39, 0.29) is 11.5 Å². The maximum atomic E-state index is 13.4. The standard InChI is InChI=1S/C9H9FN4O2S/c10-6-2-1-3-7(11)9(6)17(15,16)14-8-4-5-12-13-8/h1-5H,11H2,(H2,12,13,14). The van der Waals surface area contributed by atoms with E-state index in [0.717, 1.165) is 6.07 Å². The Bertz CT molecular complexity index is 604. The zero-order valence-electron chi connectivity index (χ0n) is 8.51. The topological polar surface area (TPSA) is 101 Å². The summed E-state index contributed by atoms with van der Waals surface area (Å²) in [6.07, 6.45) is 1.36. The lowest BCUT2D eigenvalue weighted by molar-refractivity contribution is 0.571. The lowest BCUT2D eigenvalue weighted by atomic mass is 10.3. The fourth-order valence-electron chi connectivity index (χ4n) is 1.32. The molecule has 0 amide bonds. The van der Waals surface area contributed by atoms with Gasteiger partial charge in [0.2, 0.25) is 0 Å². The van der Waals surface area contributed by atoms with Crippen LogP contribution < -0.4 is 10.5 Å². The molecule has 1 heterocycles. The number of nitrogens with one attached hydrogen (secondary N) is 2. The highest BCUT2D eigenvalue weighted by atomic mass is 32.2. The molecule has 0 bridgehead atoms. The Labute approximate surface area is 96.7 Å². The number of hydrogen-bond acceptors (Lipinski definition) is 4. The van der Waals surface area contributed by atoms with E-state index in [4.69, 9.17) is 5.73 Å². The zero-order chi connectivity index (χ0) is 12.5. The van der Waals surface area contributed by atoms with Crippen molar-refractivity contribution in [2.75, 3.05) is 10.5 Å². The van der Waals surface area contributed by atoms with E-state index in [9.17, 15) is 12.8 Å². The van der Waals surface area contributed by atoms with Crippen LogP contribution in [0.25, 0.3) is 0 Å². The number of benzene rings is 1. The van der Waals surface area contributed by atoms with Gasteiger partial charge in [-0.05, 0) is 12.1 Å².